The molecule has 1 aliphatic rings. The molecular weight excluding hydrogens is 226 g/mol. The van der Waals surface area contributed by atoms with Crippen LogP contribution in [0, 0.1) is 11.3 Å². The van der Waals surface area contributed by atoms with E-state index in [0.717, 1.165) is 4.57 Å². The number of aromatic nitrogens is 2. The summed E-state index contributed by atoms with van der Waals surface area (Å²) in [5, 5.41) is 27.2. The molecule has 0 spiro atoms. The van der Waals surface area contributed by atoms with E-state index in [1.807, 2.05) is 6.07 Å². The van der Waals surface area contributed by atoms with Crippen molar-refractivity contribution in [2.45, 2.75) is 24.9 Å². The maximum absolute atomic E-state index is 11.5. The minimum atomic E-state index is -0.831. The molecule has 0 aromatic carbocycles. The fourth-order valence-electron chi connectivity index (χ4n) is 1.74. The summed E-state index contributed by atoms with van der Waals surface area (Å²) >= 11 is 0. The van der Waals surface area contributed by atoms with Gasteiger partial charge in [-0.3, -0.25) is 4.57 Å². The van der Waals surface area contributed by atoms with Crippen LogP contribution in [0.5, 0.6) is 0 Å². The van der Waals surface area contributed by atoms with Crippen LogP contribution in [0.4, 0.5) is 0 Å². The molecule has 3 unspecified atom stereocenters. The Morgan fingerprint density at radius 2 is 2.47 bits per heavy atom. The molecule has 90 valence electrons. The van der Waals surface area contributed by atoms with Gasteiger partial charge in [0.05, 0.1) is 24.5 Å². The number of nitrogens with zero attached hydrogens (tertiary/aromatic N) is 3. The zero-order chi connectivity index (χ0) is 12.4. The van der Waals surface area contributed by atoms with Crippen molar-refractivity contribution in [2.24, 2.45) is 0 Å². The molecule has 3 atom stereocenters. The largest absolute Gasteiger partial charge is 0.394 e. The van der Waals surface area contributed by atoms with Crippen molar-refractivity contribution >= 4 is 0 Å². The standard InChI is InChI=1S/C10H11N3O4/c11-2-6-3-12-10(16)13(4-6)9-1-7(15)8(5-14)17-9/h3-4,7-9,14-15H,1,5H2. The summed E-state index contributed by atoms with van der Waals surface area (Å²) in [5.74, 6) is 0. The van der Waals surface area contributed by atoms with Gasteiger partial charge in [-0.05, 0) is 0 Å². The summed E-state index contributed by atoms with van der Waals surface area (Å²) in [6, 6.07) is 1.86. The summed E-state index contributed by atoms with van der Waals surface area (Å²) in [5.41, 5.74) is -0.324. The van der Waals surface area contributed by atoms with E-state index in [1.165, 1.54) is 12.4 Å². The van der Waals surface area contributed by atoms with Crippen molar-refractivity contribution in [3.05, 3.63) is 28.4 Å². The summed E-state index contributed by atoms with van der Waals surface area (Å²) in [7, 11) is 0. The Kier molecular flexibility index (Phi) is 3.19. The van der Waals surface area contributed by atoms with Crippen LogP contribution < -0.4 is 5.69 Å². The molecule has 2 N–H and O–H groups in total. The van der Waals surface area contributed by atoms with Gasteiger partial charge < -0.3 is 14.9 Å². The summed E-state index contributed by atoms with van der Waals surface area (Å²) in [6.45, 7) is -0.322. The minimum absolute atomic E-state index is 0.182. The maximum Gasteiger partial charge on any atom is 0.349 e. The predicted molar refractivity (Wildman–Crippen MR) is 54.8 cm³/mol. The van der Waals surface area contributed by atoms with Gasteiger partial charge in [-0.1, -0.05) is 0 Å². The zero-order valence-corrected chi connectivity index (χ0v) is 8.85. The van der Waals surface area contributed by atoms with Crippen LogP contribution in [0.3, 0.4) is 0 Å². The number of rotatable bonds is 2. The highest BCUT2D eigenvalue weighted by molar-refractivity contribution is 5.21. The Labute approximate surface area is 96.5 Å². The number of hydrogen-bond acceptors (Lipinski definition) is 6. The smallest absolute Gasteiger partial charge is 0.349 e. The quantitative estimate of drug-likeness (QED) is 0.665. The van der Waals surface area contributed by atoms with Crippen molar-refractivity contribution in [3.8, 4) is 6.07 Å². The molecule has 7 nitrogen and oxygen atoms in total. The predicted octanol–water partition coefficient (Wildman–Crippen LogP) is -1.24. The van der Waals surface area contributed by atoms with E-state index in [1.54, 1.807) is 0 Å². The number of hydrogen-bond donors (Lipinski definition) is 2. The fraction of sp³-hybridized carbons (Fsp3) is 0.500. The first-order valence-corrected chi connectivity index (χ1v) is 5.08. The Morgan fingerprint density at radius 1 is 1.71 bits per heavy atom. The lowest BCUT2D eigenvalue weighted by Crippen LogP contribution is -2.27. The van der Waals surface area contributed by atoms with E-state index < -0.39 is 24.1 Å². The van der Waals surface area contributed by atoms with Gasteiger partial charge in [-0.2, -0.15) is 5.26 Å². The first-order chi connectivity index (χ1) is 8.15. The van der Waals surface area contributed by atoms with Crippen LogP contribution in [0.15, 0.2) is 17.2 Å². The van der Waals surface area contributed by atoms with Crippen LogP contribution in [-0.4, -0.2) is 38.6 Å². The number of aliphatic hydroxyl groups is 2. The third-order valence-corrected chi connectivity index (χ3v) is 2.64. The van der Waals surface area contributed by atoms with E-state index in [2.05, 4.69) is 4.98 Å². The molecule has 1 fully saturated rings. The van der Waals surface area contributed by atoms with Gasteiger partial charge in [-0.15, -0.1) is 0 Å². The van der Waals surface area contributed by atoms with Gasteiger partial charge in [-0.25, -0.2) is 9.78 Å². The van der Waals surface area contributed by atoms with Gasteiger partial charge in [0, 0.05) is 12.6 Å². The molecule has 1 saturated heterocycles. The Hall–Kier alpha value is -1.75. The molecule has 0 radical (unpaired) electrons. The van der Waals surface area contributed by atoms with Crippen molar-refractivity contribution in [3.63, 3.8) is 0 Å². The third-order valence-electron chi connectivity index (χ3n) is 2.64. The second-order valence-electron chi connectivity index (χ2n) is 3.76. The lowest BCUT2D eigenvalue weighted by molar-refractivity contribution is -0.0459. The lowest BCUT2D eigenvalue weighted by Gasteiger charge is -2.13. The van der Waals surface area contributed by atoms with Crippen molar-refractivity contribution < 1.29 is 14.9 Å². The Bertz CT molecular complexity index is 507. The van der Waals surface area contributed by atoms with E-state index in [9.17, 15) is 9.90 Å². The van der Waals surface area contributed by atoms with Crippen LogP contribution in [-0.2, 0) is 4.74 Å². The molecule has 1 aromatic rings. The van der Waals surface area contributed by atoms with Crippen molar-refractivity contribution in [1.82, 2.24) is 9.55 Å². The normalized spacial score (nSPS) is 27.9. The van der Waals surface area contributed by atoms with Gasteiger partial charge in [0.25, 0.3) is 0 Å². The Morgan fingerprint density at radius 3 is 3.06 bits per heavy atom. The summed E-state index contributed by atoms with van der Waals surface area (Å²) < 4.78 is 6.45. The number of ether oxygens (including phenoxy) is 1. The monoisotopic (exact) mass is 237 g/mol. The number of aliphatic hydroxyl groups excluding tert-OH is 2. The molecule has 7 heteroatoms. The lowest BCUT2D eigenvalue weighted by atomic mass is 10.2. The highest BCUT2D eigenvalue weighted by atomic mass is 16.5. The summed E-state index contributed by atoms with van der Waals surface area (Å²) in [6.07, 6.45) is 0.442. The molecule has 0 saturated carbocycles. The minimum Gasteiger partial charge on any atom is -0.394 e. The molecule has 2 heterocycles. The van der Waals surface area contributed by atoms with Crippen LogP contribution in [0.1, 0.15) is 18.2 Å². The van der Waals surface area contributed by atoms with Crippen molar-refractivity contribution in [1.29, 1.82) is 5.26 Å². The highest BCUT2D eigenvalue weighted by Crippen LogP contribution is 2.27. The zero-order valence-electron chi connectivity index (χ0n) is 8.85. The van der Waals surface area contributed by atoms with Crippen molar-refractivity contribution in [2.75, 3.05) is 6.61 Å². The average Bonchev–Trinajstić information content (AvgIpc) is 2.71. The first kappa shape index (κ1) is 11.7. The molecule has 1 aromatic heterocycles. The average molecular weight is 237 g/mol. The molecule has 0 amide bonds. The second kappa shape index (κ2) is 4.63. The molecule has 0 bridgehead atoms. The van der Waals surface area contributed by atoms with Gasteiger partial charge in [0.1, 0.15) is 18.4 Å². The SMILES string of the molecule is N#Cc1cnc(=O)n(C2CC(O)C(CO)O2)c1. The fourth-order valence-corrected chi connectivity index (χ4v) is 1.74. The topological polar surface area (TPSA) is 108 Å². The molecule has 1 aliphatic heterocycles. The van der Waals surface area contributed by atoms with Crippen LogP contribution in [0.2, 0.25) is 0 Å². The second-order valence-corrected chi connectivity index (χ2v) is 3.76. The Balaban J connectivity index is 2.30. The van der Waals surface area contributed by atoms with Gasteiger partial charge in [0.15, 0.2) is 0 Å². The van der Waals surface area contributed by atoms with E-state index >= 15 is 0 Å². The van der Waals surface area contributed by atoms with Gasteiger partial charge in [0.2, 0.25) is 0 Å². The maximum atomic E-state index is 11.5. The molecule has 17 heavy (non-hydrogen) atoms. The van der Waals surface area contributed by atoms with E-state index in [4.69, 9.17) is 15.1 Å². The van der Waals surface area contributed by atoms with E-state index in [-0.39, 0.29) is 18.6 Å². The summed E-state index contributed by atoms with van der Waals surface area (Å²) in [4.78, 5) is 15.0. The highest BCUT2D eigenvalue weighted by Gasteiger charge is 2.34. The molecule has 0 aliphatic carbocycles. The van der Waals surface area contributed by atoms with Gasteiger partial charge >= 0.3 is 5.69 Å². The molecule has 2 rings (SSSR count). The molecular formula is C10H11N3O4. The van der Waals surface area contributed by atoms with Crippen LogP contribution in [0.25, 0.3) is 0 Å². The first-order valence-electron chi connectivity index (χ1n) is 5.08. The van der Waals surface area contributed by atoms with Crippen LogP contribution >= 0.6 is 0 Å². The third kappa shape index (κ3) is 2.19. The number of nitriles is 1. The van der Waals surface area contributed by atoms with E-state index in [0.29, 0.717) is 0 Å².